The number of para-hydroxylation sites is 1. The zero-order valence-corrected chi connectivity index (χ0v) is 17.1. The van der Waals surface area contributed by atoms with Crippen LogP contribution in [0.5, 0.6) is 5.75 Å². The maximum Gasteiger partial charge on any atom is 0.261 e. The molecule has 6 nitrogen and oxygen atoms in total. The van der Waals surface area contributed by atoms with Crippen LogP contribution in [-0.2, 0) is 0 Å². The topological polar surface area (TPSA) is 48.9 Å². The minimum atomic E-state index is -0.00279. The fourth-order valence-electron chi connectivity index (χ4n) is 3.71. The first-order valence-corrected chi connectivity index (χ1v) is 10.4. The van der Waals surface area contributed by atoms with Gasteiger partial charge in [-0.1, -0.05) is 29.8 Å². The highest BCUT2D eigenvalue weighted by Crippen LogP contribution is 2.23. The highest BCUT2D eigenvalue weighted by Gasteiger charge is 2.21. The summed E-state index contributed by atoms with van der Waals surface area (Å²) in [7, 11) is 0. The first-order chi connectivity index (χ1) is 14.2. The number of rotatable bonds is 6. The van der Waals surface area contributed by atoms with Crippen LogP contribution in [0.2, 0.25) is 5.15 Å². The average Bonchev–Trinajstić information content (AvgIpc) is 2.91. The molecule has 1 fully saturated rings. The van der Waals surface area contributed by atoms with Gasteiger partial charge in [-0.05, 0) is 43.7 Å². The van der Waals surface area contributed by atoms with E-state index in [1.807, 2.05) is 36.4 Å². The second-order valence-corrected chi connectivity index (χ2v) is 7.64. The van der Waals surface area contributed by atoms with Gasteiger partial charge in [0.15, 0.2) is 0 Å². The number of anilines is 1. The van der Waals surface area contributed by atoms with Crippen molar-refractivity contribution in [3.8, 4) is 5.75 Å². The number of hydrogen-bond donors (Lipinski definition) is 0. The van der Waals surface area contributed by atoms with E-state index in [1.165, 1.54) is 0 Å². The highest BCUT2D eigenvalue weighted by atomic mass is 35.5. The molecule has 29 heavy (non-hydrogen) atoms. The minimum Gasteiger partial charge on any atom is -0.463 e. The number of piperazine rings is 1. The fraction of sp³-hybridized carbons (Fsp3) is 0.364. The van der Waals surface area contributed by atoms with Crippen molar-refractivity contribution in [1.29, 1.82) is 0 Å². The maximum absolute atomic E-state index is 12.7. The molecule has 4 rings (SSSR count). The van der Waals surface area contributed by atoms with Crippen LogP contribution in [0.3, 0.4) is 0 Å². The van der Waals surface area contributed by atoms with Crippen molar-refractivity contribution < 1.29 is 9.53 Å². The van der Waals surface area contributed by atoms with Crippen LogP contribution in [0.4, 0.5) is 5.82 Å². The van der Waals surface area contributed by atoms with Crippen LogP contribution in [0.25, 0.3) is 0 Å². The molecule has 0 saturated carbocycles. The molecule has 0 bridgehead atoms. The number of carbonyl (C=O) groups is 1. The van der Waals surface area contributed by atoms with E-state index in [2.05, 4.69) is 14.8 Å². The van der Waals surface area contributed by atoms with Gasteiger partial charge < -0.3 is 14.5 Å². The lowest BCUT2D eigenvalue weighted by Crippen LogP contribution is -2.47. The Morgan fingerprint density at radius 2 is 1.76 bits per heavy atom. The summed E-state index contributed by atoms with van der Waals surface area (Å²) in [6.07, 6.45) is 5.33. The predicted molar refractivity (Wildman–Crippen MR) is 114 cm³/mol. The molecule has 1 aromatic carbocycles. The van der Waals surface area contributed by atoms with Gasteiger partial charge in [0.1, 0.15) is 23.0 Å². The summed E-state index contributed by atoms with van der Waals surface area (Å²) in [5.41, 5.74) is 0.614. The average molecular weight is 413 g/mol. The van der Waals surface area contributed by atoms with Crippen molar-refractivity contribution in [1.82, 2.24) is 14.8 Å². The first kappa shape index (κ1) is 19.7. The highest BCUT2D eigenvalue weighted by molar-refractivity contribution is 6.29. The van der Waals surface area contributed by atoms with Gasteiger partial charge in [-0.3, -0.25) is 9.69 Å². The Bertz CT molecular complexity index is 881. The zero-order chi connectivity index (χ0) is 20.1. The molecule has 0 atom stereocenters. The Morgan fingerprint density at radius 3 is 2.59 bits per heavy atom. The van der Waals surface area contributed by atoms with Crippen molar-refractivity contribution in [2.75, 3.05) is 44.2 Å². The number of unbranched alkanes of at least 4 members (excludes halogenated alkanes) is 1. The molecule has 7 heteroatoms. The normalized spacial score (nSPS) is 17.1. The van der Waals surface area contributed by atoms with E-state index < -0.39 is 0 Å². The number of halogens is 1. The van der Waals surface area contributed by atoms with E-state index in [0.717, 1.165) is 51.4 Å². The van der Waals surface area contributed by atoms with E-state index in [4.69, 9.17) is 16.3 Å². The predicted octanol–water partition coefficient (Wildman–Crippen LogP) is 3.64. The number of nitrogens with zero attached hydrogens (tertiary/aromatic N) is 4. The Labute approximate surface area is 176 Å². The van der Waals surface area contributed by atoms with E-state index in [-0.39, 0.29) is 5.91 Å². The van der Waals surface area contributed by atoms with Gasteiger partial charge >= 0.3 is 0 Å². The van der Waals surface area contributed by atoms with E-state index in [1.54, 1.807) is 23.4 Å². The fourth-order valence-corrected chi connectivity index (χ4v) is 3.87. The molecular formula is C22H25ClN4O2. The maximum atomic E-state index is 12.7. The number of fused-ring (bicyclic) bond motifs is 1. The summed E-state index contributed by atoms with van der Waals surface area (Å²) in [6.45, 7) is 5.66. The second kappa shape index (κ2) is 9.29. The lowest BCUT2D eigenvalue weighted by molar-refractivity contribution is 0.0820. The third-order valence-corrected chi connectivity index (χ3v) is 5.54. The minimum absolute atomic E-state index is 0.00279. The molecule has 152 valence electrons. The van der Waals surface area contributed by atoms with Gasteiger partial charge in [0.25, 0.3) is 5.91 Å². The quantitative estimate of drug-likeness (QED) is 0.535. The number of pyridine rings is 1. The first-order valence-electron chi connectivity index (χ1n) is 10.0. The van der Waals surface area contributed by atoms with E-state index >= 15 is 0 Å². The lowest BCUT2D eigenvalue weighted by Gasteiger charge is -2.35. The Kier molecular flexibility index (Phi) is 6.32. The van der Waals surface area contributed by atoms with Crippen molar-refractivity contribution >= 4 is 23.3 Å². The molecule has 2 aromatic rings. The van der Waals surface area contributed by atoms with Crippen LogP contribution < -0.4 is 9.64 Å². The van der Waals surface area contributed by atoms with Crippen molar-refractivity contribution in [3.05, 3.63) is 65.6 Å². The molecule has 0 unspecified atom stereocenters. The van der Waals surface area contributed by atoms with Gasteiger partial charge in [-0.25, -0.2) is 4.98 Å². The van der Waals surface area contributed by atoms with Gasteiger partial charge in [0.2, 0.25) is 0 Å². The number of carbonyl (C=O) groups excluding carboxylic acids is 1. The van der Waals surface area contributed by atoms with Crippen LogP contribution in [-0.4, -0.2) is 60.0 Å². The third-order valence-electron chi connectivity index (χ3n) is 5.33. The van der Waals surface area contributed by atoms with Crippen molar-refractivity contribution in [2.24, 2.45) is 0 Å². The largest absolute Gasteiger partial charge is 0.463 e. The lowest BCUT2D eigenvalue weighted by atomic mass is 10.1. The third kappa shape index (κ3) is 4.89. The molecule has 0 radical (unpaired) electrons. The molecule has 2 aliphatic rings. The van der Waals surface area contributed by atoms with E-state index in [0.29, 0.717) is 23.0 Å². The summed E-state index contributed by atoms with van der Waals surface area (Å²) in [4.78, 5) is 23.6. The molecule has 1 amide bonds. The van der Waals surface area contributed by atoms with E-state index in [9.17, 15) is 4.79 Å². The van der Waals surface area contributed by atoms with Crippen LogP contribution in [0.15, 0.2) is 54.9 Å². The standard InChI is InChI=1S/C22H25ClN4O2/c23-20-8-5-9-21(24-20)26-14-12-25(13-15-26)10-3-4-11-27-16-17-29-19-7-2-1-6-18(19)22(27)28/h1-2,5-9,16-17H,3-4,10-15H2. The van der Waals surface area contributed by atoms with Gasteiger partial charge in [-0.2, -0.15) is 0 Å². The SMILES string of the molecule is O=C1c2ccccc2OC=CN1CCCCN1CCN(c2cccc(Cl)n2)CC1. The van der Waals surface area contributed by atoms with Gasteiger partial charge in [0.05, 0.1) is 5.56 Å². The summed E-state index contributed by atoms with van der Waals surface area (Å²) in [5, 5.41) is 0.537. The number of ether oxygens (including phenoxy) is 1. The summed E-state index contributed by atoms with van der Waals surface area (Å²) in [5.74, 6) is 1.56. The molecule has 1 saturated heterocycles. The number of aromatic nitrogens is 1. The van der Waals surface area contributed by atoms with Crippen LogP contribution in [0, 0.1) is 0 Å². The Hall–Kier alpha value is -2.57. The van der Waals surface area contributed by atoms with Crippen LogP contribution in [0.1, 0.15) is 23.2 Å². The molecule has 2 aliphatic heterocycles. The summed E-state index contributed by atoms with van der Waals surface area (Å²) in [6, 6.07) is 13.1. The smallest absolute Gasteiger partial charge is 0.261 e. The monoisotopic (exact) mass is 412 g/mol. The van der Waals surface area contributed by atoms with Crippen molar-refractivity contribution in [2.45, 2.75) is 12.8 Å². The number of hydrogen-bond acceptors (Lipinski definition) is 5. The Balaban J connectivity index is 1.20. The number of benzene rings is 1. The van der Waals surface area contributed by atoms with Crippen molar-refractivity contribution in [3.63, 3.8) is 0 Å². The Morgan fingerprint density at radius 1 is 0.966 bits per heavy atom. The molecule has 0 aliphatic carbocycles. The molecule has 0 spiro atoms. The molecule has 1 aromatic heterocycles. The second-order valence-electron chi connectivity index (χ2n) is 7.25. The van der Waals surface area contributed by atoms with Gasteiger partial charge in [0, 0.05) is 38.9 Å². The van der Waals surface area contributed by atoms with Gasteiger partial charge in [-0.15, -0.1) is 0 Å². The molecule has 3 heterocycles. The molecule has 0 N–H and O–H groups in total. The summed E-state index contributed by atoms with van der Waals surface area (Å²) < 4.78 is 5.54. The zero-order valence-electron chi connectivity index (χ0n) is 16.3. The van der Waals surface area contributed by atoms with Crippen LogP contribution >= 0.6 is 11.6 Å². The summed E-state index contributed by atoms with van der Waals surface area (Å²) >= 11 is 6.00. The number of amides is 1. The molecular weight excluding hydrogens is 388 g/mol.